The van der Waals surface area contributed by atoms with Crippen LogP contribution in [0.4, 0.5) is 5.82 Å². The van der Waals surface area contributed by atoms with E-state index in [-0.39, 0.29) is 5.91 Å². The highest BCUT2D eigenvalue weighted by Crippen LogP contribution is 2.13. The van der Waals surface area contributed by atoms with E-state index in [1.165, 1.54) is 6.08 Å². The number of aryl methyl sites for hydroxylation is 1. The molecule has 1 aromatic heterocycles. The zero-order chi connectivity index (χ0) is 9.84. The monoisotopic (exact) mass is 243 g/mol. The van der Waals surface area contributed by atoms with Gasteiger partial charge in [0.25, 0.3) is 0 Å². The standard InChI is InChI=1S/C8H10BrN3O/c1-3-4-8(13)10-7-5-6(9)12(2)11-7/h3-5H,1-2H3,(H,10,11,13)/b4-3+. The fraction of sp³-hybridized carbons (Fsp3) is 0.250. The second kappa shape index (κ2) is 4.23. The van der Waals surface area contributed by atoms with Gasteiger partial charge in [-0.15, -0.1) is 0 Å². The van der Waals surface area contributed by atoms with Gasteiger partial charge in [-0.05, 0) is 28.9 Å². The fourth-order valence-electron chi connectivity index (χ4n) is 0.825. The topological polar surface area (TPSA) is 46.9 Å². The van der Waals surface area contributed by atoms with Crippen LogP contribution in [0.5, 0.6) is 0 Å². The van der Waals surface area contributed by atoms with Crippen LogP contribution >= 0.6 is 15.9 Å². The largest absolute Gasteiger partial charge is 0.306 e. The second-order valence-electron chi connectivity index (χ2n) is 2.47. The summed E-state index contributed by atoms with van der Waals surface area (Å²) in [6.45, 7) is 1.79. The highest BCUT2D eigenvalue weighted by molar-refractivity contribution is 9.10. The van der Waals surface area contributed by atoms with E-state index in [9.17, 15) is 4.79 Å². The molecule has 0 saturated heterocycles. The van der Waals surface area contributed by atoms with E-state index in [2.05, 4.69) is 26.3 Å². The van der Waals surface area contributed by atoms with Crippen LogP contribution in [0.15, 0.2) is 22.8 Å². The lowest BCUT2D eigenvalue weighted by Crippen LogP contribution is -2.08. The Labute approximate surface area is 84.8 Å². The molecule has 0 atom stereocenters. The van der Waals surface area contributed by atoms with E-state index in [1.807, 2.05) is 0 Å². The van der Waals surface area contributed by atoms with Crippen molar-refractivity contribution >= 4 is 27.7 Å². The van der Waals surface area contributed by atoms with Gasteiger partial charge in [0.2, 0.25) is 5.91 Å². The van der Waals surface area contributed by atoms with Crippen molar-refractivity contribution in [2.24, 2.45) is 7.05 Å². The Morgan fingerprint density at radius 1 is 1.77 bits per heavy atom. The van der Waals surface area contributed by atoms with E-state index in [1.54, 1.807) is 30.8 Å². The molecular formula is C8H10BrN3O. The maximum absolute atomic E-state index is 11.1. The maximum Gasteiger partial charge on any atom is 0.249 e. The van der Waals surface area contributed by atoms with Crippen LogP contribution in [0.25, 0.3) is 0 Å². The lowest BCUT2D eigenvalue weighted by atomic mass is 10.5. The van der Waals surface area contributed by atoms with Crippen molar-refractivity contribution in [3.05, 3.63) is 22.8 Å². The molecule has 4 nitrogen and oxygen atoms in total. The van der Waals surface area contributed by atoms with Crippen molar-refractivity contribution in [2.75, 3.05) is 5.32 Å². The summed E-state index contributed by atoms with van der Waals surface area (Å²) < 4.78 is 2.45. The molecule has 0 aliphatic heterocycles. The number of carbonyl (C=O) groups is 1. The van der Waals surface area contributed by atoms with E-state index in [0.29, 0.717) is 5.82 Å². The average Bonchev–Trinajstić information content (AvgIpc) is 2.31. The summed E-state index contributed by atoms with van der Waals surface area (Å²) in [7, 11) is 1.79. The molecule has 1 amide bonds. The molecule has 13 heavy (non-hydrogen) atoms. The molecule has 0 aliphatic rings. The highest BCUT2D eigenvalue weighted by atomic mass is 79.9. The summed E-state index contributed by atoms with van der Waals surface area (Å²) in [4.78, 5) is 11.1. The molecule has 0 aromatic carbocycles. The third-order valence-electron chi connectivity index (χ3n) is 1.39. The van der Waals surface area contributed by atoms with Crippen LogP contribution < -0.4 is 5.32 Å². The van der Waals surface area contributed by atoms with Crippen molar-refractivity contribution in [1.82, 2.24) is 9.78 Å². The third-order valence-corrected chi connectivity index (χ3v) is 2.13. The molecule has 5 heteroatoms. The molecule has 0 saturated carbocycles. The molecule has 0 bridgehead atoms. The average molecular weight is 244 g/mol. The van der Waals surface area contributed by atoms with E-state index < -0.39 is 0 Å². The molecule has 0 radical (unpaired) electrons. The summed E-state index contributed by atoms with van der Waals surface area (Å²) in [5.74, 6) is 0.366. The van der Waals surface area contributed by atoms with Crippen LogP contribution in [0.3, 0.4) is 0 Å². The number of hydrogen-bond donors (Lipinski definition) is 1. The van der Waals surface area contributed by atoms with Gasteiger partial charge in [0, 0.05) is 13.1 Å². The Hall–Kier alpha value is -1.10. The predicted octanol–water partition coefficient (Wildman–Crippen LogP) is 1.70. The molecule has 0 fully saturated rings. The first kappa shape index (κ1) is 9.98. The maximum atomic E-state index is 11.1. The Bertz CT molecular complexity index is 324. The highest BCUT2D eigenvalue weighted by Gasteiger charge is 2.03. The minimum Gasteiger partial charge on any atom is -0.306 e. The van der Waals surface area contributed by atoms with Gasteiger partial charge in [0.15, 0.2) is 5.82 Å². The normalized spacial score (nSPS) is 10.7. The number of amides is 1. The number of rotatable bonds is 2. The number of aromatic nitrogens is 2. The molecule has 1 N–H and O–H groups in total. The second-order valence-corrected chi connectivity index (χ2v) is 3.28. The van der Waals surface area contributed by atoms with Gasteiger partial charge in [-0.3, -0.25) is 9.48 Å². The summed E-state index contributed by atoms with van der Waals surface area (Å²) in [5, 5.41) is 6.65. The van der Waals surface area contributed by atoms with Crippen LogP contribution in [0.1, 0.15) is 6.92 Å². The zero-order valence-electron chi connectivity index (χ0n) is 7.41. The smallest absolute Gasteiger partial charge is 0.249 e. The number of nitrogens with one attached hydrogen (secondary N) is 1. The van der Waals surface area contributed by atoms with Crippen molar-refractivity contribution in [2.45, 2.75) is 6.92 Å². The lowest BCUT2D eigenvalue weighted by molar-refractivity contribution is -0.111. The number of anilines is 1. The fourth-order valence-corrected chi connectivity index (χ4v) is 1.12. The van der Waals surface area contributed by atoms with E-state index in [0.717, 1.165) is 4.60 Å². The van der Waals surface area contributed by atoms with Gasteiger partial charge < -0.3 is 5.32 Å². The molecule has 0 spiro atoms. The van der Waals surface area contributed by atoms with Gasteiger partial charge in [0.05, 0.1) is 0 Å². The minimum absolute atomic E-state index is 0.173. The molecule has 1 heterocycles. The van der Waals surface area contributed by atoms with Gasteiger partial charge >= 0.3 is 0 Å². The first-order valence-corrected chi connectivity index (χ1v) is 4.56. The molecule has 1 aromatic rings. The number of carbonyl (C=O) groups excluding carboxylic acids is 1. The number of allylic oxidation sites excluding steroid dienone is 1. The Morgan fingerprint density at radius 2 is 2.46 bits per heavy atom. The summed E-state index contributed by atoms with van der Waals surface area (Å²) >= 11 is 3.28. The van der Waals surface area contributed by atoms with Crippen LogP contribution in [-0.2, 0) is 11.8 Å². The molecule has 0 unspecified atom stereocenters. The summed E-state index contributed by atoms with van der Waals surface area (Å²) in [5.41, 5.74) is 0. The lowest BCUT2D eigenvalue weighted by Gasteiger charge is -1.94. The summed E-state index contributed by atoms with van der Waals surface area (Å²) in [6.07, 6.45) is 3.12. The minimum atomic E-state index is -0.173. The van der Waals surface area contributed by atoms with Gasteiger partial charge in [-0.1, -0.05) is 6.08 Å². The van der Waals surface area contributed by atoms with Crippen molar-refractivity contribution < 1.29 is 4.79 Å². The molecular weight excluding hydrogens is 234 g/mol. The predicted molar refractivity (Wildman–Crippen MR) is 54.4 cm³/mol. The number of hydrogen-bond acceptors (Lipinski definition) is 2. The van der Waals surface area contributed by atoms with Crippen LogP contribution in [0.2, 0.25) is 0 Å². The number of halogens is 1. The quantitative estimate of drug-likeness (QED) is 0.805. The first-order valence-electron chi connectivity index (χ1n) is 3.76. The van der Waals surface area contributed by atoms with Crippen molar-refractivity contribution in [3.8, 4) is 0 Å². The van der Waals surface area contributed by atoms with Crippen molar-refractivity contribution in [1.29, 1.82) is 0 Å². The zero-order valence-corrected chi connectivity index (χ0v) is 9.00. The molecule has 70 valence electrons. The van der Waals surface area contributed by atoms with Crippen LogP contribution in [-0.4, -0.2) is 15.7 Å². The SMILES string of the molecule is C/C=C/C(=O)Nc1cc(Br)n(C)n1. The van der Waals surface area contributed by atoms with E-state index in [4.69, 9.17) is 0 Å². The summed E-state index contributed by atoms with van der Waals surface area (Å²) in [6, 6.07) is 1.74. The van der Waals surface area contributed by atoms with Gasteiger partial charge in [0.1, 0.15) is 4.60 Å². The number of nitrogens with zero attached hydrogens (tertiary/aromatic N) is 2. The Morgan fingerprint density at radius 3 is 2.92 bits per heavy atom. The Kier molecular flexibility index (Phi) is 3.25. The third kappa shape index (κ3) is 2.69. The first-order chi connectivity index (χ1) is 6.13. The van der Waals surface area contributed by atoms with E-state index >= 15 is 0 Å². The van der Waals surface area contributed by atoms with Gasteiger partial charge in [-0.25, -0.2) is 0 Å². The van der Waals surface area contributed by atoms with Gasteiger partial charge in [-0.2, -0.15) is 5.10 Å². The molecule has 0 aliphatic carbocycles. The molecule has 1 rings (SSSR count). The van der Waals surface area contributed by atoms with Crippen molar-refractivity contribution in [3.63, 3.8) is 0 Å². The Balaban J connectivity index is 2.69. The van der Waals surface area contributed by atoms with Crippen LogP contribution in [0, 0.1) is 0 Å².